The highest BCUT2D eigenvalue weighted by molar-refractivity contribution is 7.80. The van der Waals surface area contributed by atoms with Gasteiger partial charge in [-0.3, -0.25) is 19.6 Å². The Kier molecular flexibility index (Phi) is 20.1. The number of nitrogens with zero attached hydrogens (tertiary/aromatic N) is 5. The summed E-state index contributed by atoms with van der Waals surface area (Å²) < 4.78 is 68.5. The van der Waals surface area contributed by atoms with E-state index >= 15 is 0 Å². The number of thiocarbonyl (C=S) groups is 1. The van der Waals surface area contributed by atoms with Gasteiger partial charge in [-0.15, -0.1) is 0 Å². The fourth-order valence-corrected chi connectivity index (χ4v) is 14.8. The molecule has 4 aliphatic rings. The van der Waals surface area contributed by atoms with Crippen molar-refractivity contribution < 1.29 is 61.3 Å². The Balaban J connectivity index is 1.11. The number of oxime groups is 1. The third kappa shape index (κ3) is 13.8. The standard InChI is InChI=1S/C59H81N5O14SSi2/c1-14-81(15-2,16-3)78-53-51(61-76-56-52(75-58(79)62-30-29-60-36-62)49(31-38(6)72-56)77-80(12,13)59(8,9)10)39(7)73-55(70-33-40-23-17-22-28-46(40)64(66)67)54(53)74-50-32-48(68-11)47(35-69-50)63(37(4)5)57(65)71-34-45-43-26-20-18-24-41(43)42-25-19-21-27-44(42)45/h17-31,36-39,45,47-48,50,52-56H,14-16,32-35H2,1-13H3/b61-51+/t38-,39-,47+,48+,50+,52-,53+,54-,55-,56+/m1/s1. The van der Waals surface area contributed by atoms with Gasteiger partial charge in [-0.1, -0.05) is 107 Å². The molecule has 1 aliphatic carbocycles. The number of rotatable bonds is 21. The van der Waals surface area contributed by atoms with E-state index in [4.69, 9.17) is 69.0 Å². The van der Waals surface area contributed by atoms with E-state index in [2.05, 4.69) is 83.9 Å². The van der Waals surface area contributed by atoms with E-state index < -0.39 is 89.2 Å². The van der Waals surface area contributed by atoms with Gasteiger partial charge in [0.25, 0.3) is 17.2 Å². The number of nitro groups is 1. The van der Waals surface area contributed by atoms with Crippen molar-refractivity contribution in [1.82, 2.24) is 14.5 Å². The molecule has 4 heterocycles. The smallest absolute Gasteiger partial charge is 0.410 e. The molecule has 0 radical (unpaired) electrons. The van der Waals surface area contributed by atoms with Gasteiger partial charge in [-0.2, -0.15) is 0 Å². The molecule has 0 bridgehead atoms. The van der Waals surface area contributed by atoms with Gasteiger partial charge in [0.1, 0.15) is 42.7 Å². The Labute approximate surface area is 483 Å². The predicted molar refractivity (Wildman–Crippen MR) is 314 cm³/mol. The van der Waals surface area contributed by atoms with Crippen LogP contribution in [0.4, 0.5) is 10.5 Å². The molecular weight excluding hydrogens is 1090 g/mol. The average molecular weight is 1170 g/mol. The number of ether oxygens (including phenoxy) is 8. The van der Waals surface area contributed by atoms with Crippen LogP contribution in [0.1, 0.15) is 98.3 Å². The highest BCUT2D eigenvalue weighted by Gasteiger charge is 2.52. The van der Waals surface area contributed by atoms with Crippen molar-refractivity contribution in [3.63, 3.8) is 0 Å². The molecular formula is C59H81N5O14SSi2. The minimum Gasteiger partial charge on any atom is -0.544 e. The second-order valence-electron chi connectivity index (χ2n) is 22.9. The summed E-state index contributed by atoms with van der Waals surface area (Å²) in [5, 5.41) is 17.1. The fourth-order valence-electron chi connectivity index (χ4n) is 10.7. The van der Waals surface area contributed by atoms with E-state index in [1.54, 1.807) is 53.5 Å². The van der Waals surface area contributed by atoms with Crippen LogP contribution in [0, 0.1) is 10.1 Å². The van der Waals surface area contributed by atoms with Gasteiger partial charge in [0.15, 0.2) is 20.9 Å². The van der Waals surface area contributed by atoms with Crippen LogP contribution in [-0.4, -0.2) is 141 Å². The van der Waals surface area contributed by atoms with E-state index in [9.17, 15) is 14.9 Å². The van der Waals surface area contributed by atoms with Gasteiger partial charge in [-0.05, 0) is 111 Å². The van der Waals surface area contributed by atoms with Gasteiger partial charge < -0.3 is 51.6 Å². The van der Waals surface area contributed by atoms with E-state index in [-0.39, 0.29) is 54.1 Å². The number of hydrogen-bond donors (Lipinski definition) is 0. The highest BCUT2D eigenvalue weighted by atomic mass is 32.1. The number of benzene rings is 3. The number of nitro benzene ring substituents is 1. The normalized spacial score (nSPS) is 25.7. The average Bonchev–Trinajstić information content (AvgIpc) is 4.29. The maximum atomic E-state index is 14.4. The van der Waals surface area contributed by atoms with Crippen molar-refractivity contribution in [2.45, 2.75) is 192 Å². The van der Waals surface area contributed by atoms with Crippen LogP contribution in [-0.2, 0) is 58.2 Å². The van der Waals surface area contributed by atoms with E-state index in [0.29, 0.717) is 17.0 Å². The summed E-state index contributed by atoms with van der Waals surface area (Å²) >= 11 is 5.79. The van der Waals surface area contributed by atoms with E-state index in [1.165, 1.54) is 6.07 Å². The molecule has 2 fully saturated rings. The quantitative estimate of drug-likeness (QED) is 0.0330. The van der Waals surface area contributed by atoms with Crippen LogP contribution in [0.2, 0.25) is 36.3 Å². The summed E-state index contributed by atoms with van der Waals surface area (Å²) in [6.45, 7) is 24.7. The summed E-state index contributed by atoms with van der Waals surface area (Å²) in [7, 11) is -3.48. The lowest BCUT2D eigenvalue weighted by atomic mass is 9.98. The monoisotopic (exact) mass is 1170 g/mol. The zero-order valence-corrected chi connectivity index (χ0v) is 51.8. The molecule has 81 heavy (non-hydrogen) atoms. The van der Waals surface area contributed by atoms with Crippen LogP contribution in [0.25, 0.3) is 11.1 Å². The molecule has 3 aliphatic heterocycles. The minimum absolute atomic E-state index is 0.0245. The Bertz CT molecular complexity index is 2810. The van der Waals surface area contributed by atoms with Gasteiger partial charge in [0.05, 0.1) is 42.0 Å². The maximum Gasteiger partial charge on any atom is 0.410 e. The molecule has 3 aromatic carbocycles. The molecule has 0 unspecified atom stereocenters. The first kappa shape index (κ1) is 61.7. The lowest BCUT2D eigenvalue weighted by Gasteiger charge is -2.47. The van der Waals surface area contributed by atoms with Crippen LogP contribution in [0.3, 0.4) is 0 Å². The number of amides is 1. The van der Waals surface area contributed by atoms with Gasteiger partial charge >= 0.3 is 6.09 Å². The highest BCUT2D eigenvalue weighted by Crippen LogP contribution is 2.45. The van der Waals surface area contributed by atoms with Crippen molar-refractivity contribution in [1.29, 1.82) is 0 Å². The second-order valence-corrected chi connectivity index (χ2v) is 32.7. The molecule has 1 amide bonds. The predicted octanol–water partition coefficient (Wildman–Crippen LogP) is 11.9. The van der Waals surface area contributed by atoms with Crippen molar-refractivity contribution in [2.24, 2.45) is 5.16 Å². The zero-order valence-electron chi connectivity index (χ0n) is 49.0. The number of carbonyl (C=O) groups is 1. The molecule has 19 nitrogen and oxygen atoms in total. The first-order valence-electron chi connectivity index (χ1n) is 28.2. The lowest BCUT2D eigenvalue weighted by molar-refractivity contribution is -0.386. The summed E-state index contributed by atoms with van der Waals surface area (Å²) in [6.07, 6.45) is -1.93. The van der Waals surface area contributed by atoms with Crippen LogP contribution in [0.5, 0.6) is 0 Å². The van der Waals surface area contributed by atoms with E-state index in [0.717, 1.165) is 40.4 Å². The number of carbonyl (C=O) groups excluding carboxylic acids is 1. The summed E-state index contributed by atoms with van der Waals surface area (Å²) in [4.78, 5) is 38.6. The van der Waals surface area contributed by atoms with Crippen molar-refractivity contribution >= 4 is 51.5 Å². The van der Waals surface area contributed by atoms with Crippen LogP contribution in [0.15, 0.2) is 109 Å². The van der Waals surface area contributed by atoms with Crippen LogP contribution >= 0.6 is 12.2 Å². The van der Waals surface area contributed by atoms with Gasteiger partial charge in [-0.25, -0.2) is 9.78 Å². The topological polar surface area (TPSA) is 195 Å². The Hall–Kier alpha value is -5.41. The molecule has 0 spiro atoms. The number of fused-ring (bicyclic) bond motifs is 3. The molecule has 440 valence electrons. The maximum absolute atomic E-state index is 14.4. The third-order valence-corrected chi connectivity index (χ3v) is 25.8. The molecule has 1 aromatic heterocycles. The SMILES string of the molecule is CC[Si](CC)(CC)O[C@H]1/C(=N/O[C@@H]2O[C@H](C)C=C(O[Si](C)(C)C(C)(C)C)[C@H]2OC(=S)n2ccnc2)[C@@H](C)O[C@@H](OCc2ccccc2[N+](=O)[O-])[C@@H]1O[C@H]1C[C@H](OC)[C@@H](N(C(=O)OCC2c3ccccc3-c3ccccc32)C(C)C)CO1. The molecule has 10 atom stereocenters. The van der Waals surface area contributed by atoms with Gasteiger partial charge in [0, 0.05) is 44.0 Å². The summed E-state index contributed by atoms with van der Waals surface area (Å²) in [5.41, 5.74) is 5.06. The Morgan fingerprint density at radius 3 is 2.21 bits per heavy atom. The summed E-state index contributed by atoms with van der Waals surface area (Å²) in [6, 6.07) is 24.3. The lowest BCUT2D eigenvalue weighted by Crippen LogP contribution is -2.62. The first-order chi connectivity index (χ1) is 38.6. The first-order valence-corrected chi connectivity index (χ1v) is 34.1. The Morgan fingerprint density at radius 2 is 1.60 bits per heavy atom. The molecule has 22 heteroatoms. The molecule has 2 saturated heterocycles. The largest absolute Gasteiger partial charge is 0.544 e. The molecule has 4 aromatic rings. The van der Waals surface area contributed by atoms with Crippen molar-refractivity contribution in [3.8, 4) is 11.1 Å². The van der Waals surface area contributed by atoms with Crippen LogP contribution < -0.4 is 0 Å². The molecule has 8 rings (SSSR count). The van der Waals surface area contributed by atoms with Crippen molar-refractivity contribution in [2.75, 3.05) is 20.3 Å². The fraction of sp³-hybridized carbons (Fsp3) is 0.559. The zero-order chi connectivity index (χ0) is 58.4. The minimum atomic E-state index is -2.60. The second kappa shape index (κ2) is 26.4. The number of hydrogen-bond acceptors (Lipinski definition) is 17. The number of imidazole rings is 1. The number of methoxy groups -OCH3 is 1. The third-order valence-electron chi connectivity index (χ3n) is 16.6. The number of aromatic nitrogens is 2. The van der Waals surface area contributed by atoms with Gasteiger partial charge in [0.2, 0.25) is 14.4 Å². The van der Waals surface area contributed by atoms with Crippen molar-refractivity contribution in [3.05, 3.63) is 130 Å². The summed E-state index contributed by atoms with van der Waals surface area (Å²) in [5.74, 6) is 0.375. The number of para-hydroxylation sites is 1. The Morgan fingerprint density at radius 1 is 0.951 bits per heavy atom. The molecule has 0 N–H and O–H groups in total. The van der Waals surface area contributed by atoms with E-state index in [1.807, 2.05) is 58.0 Å². The molecule has 0 saturated carbocycles.